The third-order valence-electron chi connectivity index (χ3n) is 2.17. The lowest BCUT2D eigenvalue weighted by Crippen LogP contribution is -2.28. The Balaban J connectivity index is 3.01. The van der Waals surface area contributed by atoms with E-state index in [4.69, 9.17) is 0 Å². The van der Waals surface area contributed by atoms with Crippen molar-refractivity contribution in [1.29, 1.82) is 0 Å². The van der Waals surface area contributed by atoms with Gasteiger partial charge in [0, 0.05) is 5.92 Å². The SMILES string of the molecule is C[C]1C(=O)C=C(C)C(=O)C1C. The van der Waals surface area contributed by atoms with E-state index in [1.165, 1.54) is 6.08 Å². The molecule has 0 aliphatic heterocycles. The Morgan fingerprint density at radius 3 is 2.36 bits per heavy atom. The van der Waals surface area contributed by atoms with Crippen molar-refractivity contribution in [3.63, 3.8) is 0 Å². The molecule has 0 amide bonds. The molecule has 0 N–H and O–H groups in total. The molecule has 0 aromatic heterocycles. The lowest BCUT2D eigenvalue weighted by molar-refractivity contribution is -0.123. The Hall–Kier alpha value is -0.920. The van der Waals surface area contributed by atoms with Gasteiger partial charge in [0.05, 0.1) is 5.92 Å². The molecule has 0 fully saturated rings. The summed E-state index contributed by atoms with van der Waals surface area (Å²) in [5.41, 5.74) is 0.577. The highest BCUT2D eigenvalue weighted by Gasteiger charge is 2.30. The topological polar surface area (TPSA) is 34.1 Å². The second-order valence-corrected chi connectivity index (χ2v) is 2.96. The molecule has 2 nitrogen and oxygen atoms in total. The van der Waals surface area contributed by atoms with Crippen LogP contribution in [0.15, 0.2) is 11.6 Å². The fourth-order valence-corrected chi connectivity index (χ4v) is 1.13. The molecule has 2 heteroatoms. The number of allylic oxidation sites excluding steroid dienone is 2. The van der Waals surface area contributed by atoms with Crippen LogP contribution < -0.4 is 0 Å². The van der Waals surface area contributed by atoms with Crippen LogP contribution in [0.4, 0.5) is 0 Å². The van der Waals surface area contributed by atoms with Crippen LogP contribution in [0.1, 0.15) is 20.8 Å². The highest BCUT2D eigenvalue weighted by Crippen LogP contribution is 2.24. The van der Waals surface area contributed by atoms with Gasteiger partial charge in [0.25, 0.3) is 0 Å². The second-order valence-electron chi connectivity index (χ2n) is 2.96. The summed E-state index contributed by atoms with van der Waals surface area (Å²) < 4.78 is 0. The summed E-state index contributed by atoms with van der Waals surface area (Å²) in [6.45, 7) is 5.17. The van der Waals surface area contributed by atoms with Crippen LogP contribution in [0.5, 0.6) is 0 Å². The van der Waals surface area contributed by atoms with Crippen molar-refractivity contribution in [3.8, 4) is 0 Å². The first kappa shape index (κ1) is 8.18. The first-order chi connectivity index (χ1) is 5.04. The van der Waals surface area contributed by atoms with Gasteiger partial charge in [-0.05, 0) is 18.6 Å². The van der Waals surface area contributed by atoms with Gasteiger partial charge in [0.1, 0.15) is 0 Å². The summed E-state index contributed by atoms with van der Waals surface area (Å²) in [4.78, 5) is 22.3. The van der Waals surface area contributed by atoms with Crippen molar-refractivity contribution in [1.82, 2.24) is 0 Å². The zero-order valence-corrected chi connectivity index (χ0v) is 6.97. The number of Topliss-reactive ketones (excluding diaryl/α,β-unsaturated/α-hetero) is 1. The van der Waals surface area contributed by atoms with Gasteiger partial charge in [-0.2, -0.15) is 0 Å². The molecule has 1 aliphatic carbocycles. The van der Waals surface area contributed by atoms with E-state index in [0.717, 1.165) is 0 Å². The molecule has 0 spiro atoms. The Bertz CT molecular complexity index is 238. The smallest absolute Gasteiger partial charge is 0.163 e. The lowest BCUT2D eigenvalue weighted by Gasteiger charge is -2.20. The van der Waals surface area contributed by atoms with Gasteiger partial charge in [-0.1, -0.05) is 13.8 Å². The standard InChI is InChI=1S/C9H11O2/c1-5-4-8(10)6(2)7(3)9(5)11/h4,7H,1-3H3. The molecule has 0 bridgehead atoms. The quantitative estimate of drug-likeness (QED) is 0.523. The van der Waals surface area contributed by atoms with E-state index in [1.54, 1.807) is 20.8 Å². The second kappa shape index (κ2) is 2.61. The van der Waals surface area contributed by atoms with Crippen LogP contribution in [-0.4, -0.2) is 11.6 Å². The van der Waals surface area contributed by atoms with Gasteiger partial charge in [0.2, 0.25) is 0 Å². The molecule has 0 aromatic rings. The van der Waals surface area contributed by atoms with E-state index in [2.05, 4.69) is 0 Å². The largest absolute Gasteiger partial charge is 0.294 e. The van der Waals surface area contributed by atoms with Crippen LogP contribution >= 0.6 is 0 Å². The maximum absolute atomic E-state index is 11.2. The first-order valence-corrected chi connectivity index (χ1v) is 3.64. The van der Waals surface area contributed by atoms with Crippen molar-refractivity contribution in [3.05, 3.63) is 17.6 Å². The minimum atomic E-state index is -0.215. The van der Waals surface area contributed by atoms with Gasteiger partial charge >= 0.3 is 0 Å². The van der Waals surface area contributed by atoms with Crippen LogP contribution in [0.3, 0.4) is 0 Å². The number of hydrogen-bond donors (Lipinski definition) is 0. The molecule has 0 saturated carbocycles. The first-order valence-electron chi connectivity index (χ1n) is 3.64. The maximum Gasteiger partial charge on any atom is 0.163 e. The Labute approximate surface area is 66.3 Å². The molecule has 1 atom stereocenters. The number of rotatable bonds is 0. The van der Waals surface area contributed by atoms with Crippen molar-refractivity contribution < 1.29 is 9.59 Å². The van der Waals surface area contributed by atoms with E-state index >= 15 is 0 Å². The molecular weight excluding hydrogens is 140 g/mol. The van der Waals surface area contributed by atoms with Crippen LogP contribution in [0.2, 0.25) is 0 Å². The Morgan fingerprint density at radius 1 is 1.27 bits per heavy atom. The third kappa shape index (κ3) is 1.25. The normalized spacial score (nSPS) is 27.2. The predicted molar refractivity (Wildman–Crippen MR) is 41.9 cm³/mol. The van der Waals surface area contributed by atoms with E-state index in [0.29, 0.717) is 11.5 Å². The van der Waals surface area contributed by atoms with E-state index in [1.807, 2.05) is 0 Å². The lowest BCUT2D eigenvalue weighted by atomic mass is 9.81. The zero-order chi connectivity index (χ0) is 8.59. The van der Waals surface area contributed by atoms with E-state index in [-0.39, 0.29) is 17.5 Å². The van der Waals surface area contributed by atoms with E-state index < -0.39 is 0 Å². The molecule has 0 heterocycles. The predicted octanol–water partition coefficient (Wildman–Crippen LogP) is 1.31. The summed E-state index contributed by atoms with van der Waals surface area (Å²) in [6.07, 6.45) is 1.41. The number of ketones is 2. The van der Waals surface area contributed by atoms with Gasteiger partial charge in [-0.25, -0.2) is 0 Å². The molecule has 59 valence electrons. The van der Waals surface area contributed by atoms with Gasteiger partial charge in [-0.15, -0.1) is 0 Å². The summed E-state index contributed by atoms with van der Waals surface area (Å²) in [5.74, 6) is 0.504. The maximum atomic E-state index is 11.2. The number of hydrogen-bond acceptors (Lipinski definition) is 2. The Morgan fingerprint density at radius 2 is 1.82 bits per heavy atom. The Kier molecular flexibility index (Phi) is 1.94. The summed E-state index contributed by atoms with van der Waals surface area (Å²) in [6, 6.07) is 0. The van der Waals surface area contributed by atoms with Crippen molar-refractivity contribution >= 4 is 11.6 Å². The van der Waals surface area contributed by atoms with E-state index in [9.17, 15) is 9.59 Å². The van der Waals surface area contributed by atoms with Gasteiger partial charge in [-0.3, -0.25) is 9.59 Å². The molecule has 1 radical (unpaired) electrons. The molecule has 0 aromatic carbocycles. The molecule has 1 unspecified atom stereocenters. The molecule has 11 heavy (non-hydrogen) atoms. The van der Waals surface area contributed by atoms with Crippen LogP contribution in [-0.2, 0) is 9.59 Å². The zero-order valence-electron chi connectivity index (χ0n) is 6.97. The van der Waals surface area contributed by atoms with Gasteiger partial charge in [0.15, 0.2) is 11.6 Å². The fraction of sp³-hybridized carbons (Fsp3) is 0.444. The average Bonchev–Trinajstić information content (AvgIpc) is 1.97. The fourth-order valence-electron chi connectivity index (χ4n) is 1.13. The van der Waals surface area contributed by atoms with Crippen LogP contribution in [0, 0.1) is 11.8 Å². The molecule has 1 aliphatic rings. The average molecular weight is 151 g/mol. The minimum Gasteiger partial charge on any atom is -0.294 e. The highest BCUT2D eigenvalue weighted by atomic mass is 16.1. The molecular formula is C9H11O2. The third-order valence-corrected chi connectivity index (χ3v) is 2.17. The monoisotopic (exact) mass is 151 g/mol. The van der Waals surface area contributed by atoms with Crippen molar-refractivity contribution in [2.24, 2.45) is 5.92 Å². The summed E-state index contributed by atoms with van der Waals surface area (Å²) in [5, 5.41) is 0. The summed E-state index contributed by atoms with van der Waals surface area (Å²) in [7, 11) is 0. The number of carbonyl (C=O) groups is 2. The number of carbonyl (C=O) groups excluding carboxylic acids is 2. The van der Waals surface area contributed by atoms with Crippen LogP contribution in [0.25, 0.3) is 0 Å². The van der Waals surface area contributed by atoms with Gasteiger partial charge < -0.3 is 0 Å². The molecule has 0 saturated heterocycles. The molecule has 1 rings (SSSR count). The highest BCUT2D eigenvalue weighted by molar-refractivity contribution is 6.15. The van der Waals surface area contributed by atoms with Crippen molar-refractivity contribution in [2.45, 2.75) is 20.8 Å². The van der Waals surface area contributed by atoms with Crippen molar-refractivity contribution in [2.75, 3.05) is 0 Å². The summed E-state index contributed by atoms with van der Waals surface area (Å²) >= 11 is 0. The minimum absolute atomic E-state index is 0.00500.